The summed E-state index contributed by atoms with van der Waals surface area (Å²) < 4.78 is 63.5. The van der Waals surface area contributed by atoms with E-state index in [0.717, 1.165) is 25.0 Å². The Morgan fingerprint density at radius 3 is 1.77 bits per heavy atom. The third-order valence-corrected chi connectivity index (χ3v) is 6.42. The second-order valence-corrected chi connectivity index (χ2v) is 8.92. The predicted octanol–water partition coefficient (Wildman–Crippen LogP) is 3.84. The molecule has 1 aromatic rings. The Labute approximate surface area is 197 Å². The highest BCUT2D eigenvalue weighted by atomic mass is 19.4. The molecule has 3 aliphatic rings. The van der Waals surface area contributed by atoms with Crippen molar-refractivity contribution in [2.75, 3.05) is 37.6 Å². The topological polar surface area (TPSA) is 107 Å². The highest BCUT2D eigenvalue weighted by Gasteiger charge is 2.42. The summed E-state index contributed by atoms with van der Waals surface area (Å²) in [5.41, 5.74) is 0.537. The number of aromatic nitrogens is 2. The zero-order valence-corrected chi connectivity index (χ0v) is 18.9. The number of carboxylic acids is 2. The molecule has 1 spiro atoms. The fourth-order valence-corrected chi connectivity index (χ4v) is 4.22. The number of carbonyl (C=O) groups is 2. The maximum absolute atomic E-state index is 10.6. The number of anilines is 1. The van der Waals surface area contributed by atoms with Gasteiger partial charge in [0.1, 0.15) is 0 Å². The van der Waals surface area contributed by atoms with E-state index in [1.165, 1.54) is 58.2 Å². The summed E-state index contributed by atoms with van der Waals surface area (Å²) in [5.74, 6) is -3.58. The van der Waals surface area contributed by atoms with Crippen LogP contribution in [0.25, 0.3) is 0 Å². The van der Waals surface area contributed by atoms with Gasteiger partial charge in [0.15, 0.2) is 0 Å². The van der Waals surface area contributed by atoms with Crippen molar-refractivity contribution < 1.29 is 46.1 Å². The van der Waals surface area contributed by atoms with Crippen molar-refractivity contribution >= 4 is 17.9 Å². The normalized spacial score (nSPS) is 20.2. The van der Waals surface area contributed by atoms with Crippen LogP contribution in [0.3, 0.4) is 0 Å². The Morgan fingerprint density at radius 2 is 1.37 bits per heavy atom. The number of piperidine rings is 1. The third kappa shape index (κ3) is 9.15. The number of nitrogens with zero attached hydrogens (tertiary/aromatic N) is 4. The average Bonchev–Trinajstić information content (AvgIpc) is 3.16. The molecule has 1 saturated carbocycles. The standard InChI is InChI=1S/C17H26N4.2C2HF3O2/c1-3-15(4-1)13-20-10-5-17(6-11-20)7-12-21(14-17)16-18-8-2-9-19-16;2*3-2(4,5)1(6)7/h2,8-9,15H,1,3-7,10-14H2;2*(H,6,7). The van der Waals surface area contributed by atoms with E-state index in [2.05, 4.69) is 19.8 Å². The van der Waals surface area contributed by atoms with Gasteiger partial charge in [-0.3, -0.25) is 0 Å². The Kier molecular flexibility index (Phi) is 9.69. The van der Waals surface area contributed by atoms with Crippen molar-refractivity contribution in [3.63, 3.8) is 0 Å². The van der Waals surface area contributed by atoms with Crippen LogP contribution in [-0.2, 0) is 9.59 Å². The molecular formula is C21H28F6N4O4. The maximum Gasteiger partial charge on any atom is 0.490 e. The molecule has 0 atom stereocenters. The third-order valence-electron chi connectivity index (χ3n) is 6.42. The molecule has 1 aliphatic carbocycles. The van der Waals surface area contributed by atoms with Crippen molar-refractivity contribution in [2.45, 2.75) is 50.9 Å². The molecule has 2 saturated heterocycles. The number of hydrogen-bond donors (Lipinski definition) is 2. The fourth-order valence-electron chi connectivity index (χ4n) is 4.22. The highest BCUT2D eigenvalue weighted by molar-refractivity contribution is 5.73. The number of halogens is 6. The van der Waals surface area contributed by atoms with E-state index in [9.17, 15) is 26.3 Å². The minimum atomic E-state index is -5.08. The second kappa shape index (κ2) is 11.9. The minimum absolute atomic E-state index is 0.537. The molecule has 198 valence electrons. The van der Waals surface area contributed by atoms with Gasteiger partial charge >= 0.3 is 24.3 Å². The second-order valence-electron chi connectivity index (χ2n) is 8.92. The van der Waals surface area contributed by atoms with Gasteiger partial charge in [0.25, 0.3) is 0 Å². The van der Waals surface area contributed by atoms with Gasteiger partial charge < -0.3 is 20.0 Å². The molecule has 3 fully saturated rings. The SMILES string of the molecule is O=C(O)C(F)(F)F.O=C(O)C(F)(F)F.c1cnc(N2CCC3(CCN(CC4CCC4)CC3)C2)nc1. The molecule has 3 heterocycles. The van der Waals surface area contributed by atoms with Crippen molar-refractivity contribution in [2.24, 2.45) is 11.3 Å². The van der Waals surface area contributed by atoms with Crippen molar-refractivity contribution in [1.82, 2.24) is 14.9 Å². The van der Waals surface area contributed by atoms with Crippen LogP contribution in [0, 0.1) is 11.3 Å². The van der Waals surface area contributed by atoms with Gasteiger partial charge in [0.2, 0.25) is 5.95 Å². The van der Waals surface area contributed by atoms with Gasteiger partial charge in [-0.15, -0.1) is 0 Å². The van der Waals surface area contributed by atoms with E-state index in [1.807, 2.05) is 18.5 Å². The summed E-state index contributed by atoms with van der Waals surface area (Å²) in [7, 11) is 0. The van der Waals surface area contributed by atoms with Crippen LogP contribution < -0.4 is 4.90 Å². The number of alkyl halides is 6. The van der Waals surface area contributed by atoms with Gasteiger partial charge in [0, 0.05) is 32.0 Å². The number of hydrogen-bond acceptors (Lipinski definition) is 6. The van der Waals surface area contributed by atoms with Crippen LogP contribution in [0.2, 0.25) is 0 Å². The van der Waals surface area contributed by atoms with Crippen molar-refractivity contribution in [1.29, 1.82) is 0 Å². The predicted molar refractivity (Wildman–Crippen MR) is 112 cm³/mol. The zero-order valence-electron chi connectivity index (χ0n) is 18.9. The molecule has 2 N–H and O–H groups in total. The summed E-state index contributed by atoms with van der Waals surface area (Å²) >= 11 is 0. The van der Waals surface area contributed by atoms with E-state index in [1.54, 1.807) is 0 Å². The van der Waals surface area contributed by atoms with E-state index in [-0.39, 0.29) is 0 Å². The molecule has 1 aromatic heterocycles. The largest absolute Gasteiger partial charge is 0.490 e. The number of likely N-dealkylation sites (tertiary alicyclic amines) is 1. The van der Waals surface area contributed by atoms with E-state index in [0.29, 0.717) is 5.41 Å². The summed E-state index contributed by atoms with van der Waals surface area (Å²) in [6, 6.07) is 1.90. The van der Waals surface area contributed by atoms with Crippen LogP contribution >= 0.6 is 0 Å². The van der Waals surface area contributed by atoms with Gasteiger partial charge in [-0.25, -0.2) is 19.6 Å². The zero-order chi connectivity index (χ0) is 26.3. The maximum atomic E-state index is 10.6. The number of aliphatic carboxylic acids is 2. The lowest BCUT2D eigenvalue weighted by molar-refractivity contribution is -0.193. The number of rotatable bonds is 3. The van der Waals surface area contributed by atoms with Crippen molar-refractivity contribution in [3.05, 3.63) is 18.5 Å². The summed E-state index contributed by atoms with van der Waals surface area (Å²) in [5, 5.41) is 14.2. The van der Waals surface area contributed by atoms with Crippen LogP contribution in [-0.4, -0.2) is 82.1 Å². The Bertz CT molecular complexity index is 801. The molecule has 0 bridgehead atoms. The molecular weight excluding hydrogens is 486 g/mol. The molecule has 8 nitrogen and oxygen atoms in total. The van der Waals surface area contributed by atoms with Crippen LogP contribution in [0.4, 0.5) is 32.3 Å². The van der Waals surface area contributed by atoms with E-state index >= 15 is 0 Å². The molecule has 35 heavy (non-hydrogen) atoms. The Morgan fingerprint density at radius 1 is 0.914 bits per heavy atom. The monoisotopic (exact) mass is 514 g/mol. The van der Waals surface area contributed by atoms with Gasteiger partial charge in [-0.2, -0.15) is 26.3 Å². The molecule has 0 radical (unpaired) electrons. The molecule has 2 aliphatic heterocycles. The number of carboxylic acid groups (broad SMARTS) is 2. The summed E-state index contributed by atoms with van der Waals surface area (Å²) in [6.45, 7) is 6.27. The molecule has 0 unspecified atom stereocenters. The first-order valence-corrected chi connectivity index (χ1v) is 11.1. The highest BCUT2D eigenvalue weighted by Crippen LogP contribution is 2.41. The van der Waals surface area contributed by atoms with E-state index < -0.39 is 24.3 Å². The Hall–Kier alpha value is -2.64. The molecule has 0 amide bonds. The van der Waals surface area contributed by atoms with Crippen LogP contribution in [0.1, 0.15) is 38.5 Å². The van der Waals surface area contributed by atoms with Gasteiger partial charge in [-0.05, 0) is 62.6 Å². The van der Waals surface area contributed by atoms with E-state index in [4.69, 9.17) is 19.8 Å². The Balaban J connectivity index is 0.000000257. The summed E-state index contributed by atoms with van der Waals surface area (Å²) in [6.07, 6.45) is 2.01. The molecule has 14 heteroatoms. The first-order valence-electron chi connectivity index (χ1n) is 11.1. The average molecular weight is 514 g/mol. The first kappa shape index (κ1) is 28.6. The lowest BCUT2D eigenvalue weighted by Gasteiger charge is -2.41. The molecule has 0 aromatic carbocycles. The smallest absolute Gasteiger partial charge is 0.475 e. The quantitative estimate of drug-likeness (QED) is 0.587. The lowest BCUT2D eigenvalue weighted by Crippen LogP contribution is -2.44. The van der Waals surface area contributed by atoms with Crippen molar-refractivity contribution in [3.8, 4) is 0 Å². The van der Waals surface area contributed by atoms with Crippen LogP contribution in [0.5, 0.6) is 0 Å². The minimum Gasteiger partial charge on any atom is -0.475 e. The molecule has 4 rings (SSSR count). The van der Waals surface area contributed by atoms with Gasteiger partial charge in [-0.1, -0.05) is 6.42 Å². The van der Waals surface area contributed by atoms with Crippen LogP contribution in [0.15, 0.2) is 18.5 Å². The summed E-state index contributed by atoms with van der Waals surface area (Å²) in [4.78, 5) is 31.7. The lowest BCUT2D eigenvalue weighted by atomic mass is 9.77. The first-order chi connectivity index (χ1) is 16.2. The fraction of sp³-hybridized carbons (Fsp3) is 0.714. The van der Waals surface area contributed by atoms with Gasteiger partial charge in [0.05, 0.1) is 0 Å².